The van der Waals surface area contributed by atoms with Crippen molar-refractivity contribution in [2.75, 3.05) is 0 Å². The van der Waals surface area contributed by atoms with Crippen LogP contribution in [0.5, 0.6) is 0 Å². The van der Waals surface area contributed by atoms with Crippen LogP contribution in [0.1, 0.15) is 30.5 Å². The maximum Gasteiger partial charge on any atom is 0.407 e. The van der Waals surface area contributed by atoms with Crippen LogP contribution >= 0.6 is 11.6 Å². The molecule has 0 atom stereocenters. The lowest BCUT2D eigenvalue weighted by atomic mass is 9.73. The molecule has 120 valence electrons. The minimum atomic E-state index is -0.379. The average Bonchev–Trinajstić information content (AvgIpc) is 2.52. The highest BCUT2D eigenvalue weighted by atomic mass is 35.5. The van der Waals surface area contributed by atoms with E-state index in [4.69, 9.17) is 16.3 Å². The summed E-state index contributed by atoms with van der Waals surface area (Å²) < 4.78 is 5.32. The van der Waals surface area contributed by atoms with Crippen LogP contribution in [0.4, 0.5) is 4.79 Å². The molecule has 5 heteroatoms. The number of nitrogens with one attached hydrogen (secondary N) is 1. The van der Waals surface area contributed by atoms with Crippen molar-refractivity contribution in [2.45, 2.75) is 37.8 Å². The monoisotopic (exact) mass is 330 g/mol. The summed E-state index contributed by atoms with van der Waals surface area (Å²) in [5.41, 5.74) is 1.60. The van der Waals surface area contributed by atoms with Gasteiger partial charge in [-0.05, 0) is 37.0 Å². The Morgan fingerprint density at radius 2 is 1.96 bits per heavy atom. The van der Waals surface area contributed by atoms with Gasteiger partial charge in [0.25, 0.3) is 0 Å². The first kappa shape index (κ1) is 15.8. The standard InChI is InChI=1S/C18H19ClN2O2/c19-16-9-4-8-15(20-16)12-18(10-5-11-18)21-17(22)23-13-14-6-2-1-3-7-14/h1-4,6-9H,5,10-13H2,(H,21,22). The SMILES string of the molecule is O=C(NC1(Cc2cccc(Cl)n2)CCC1)OCc1ccccc1. The molecule has 1 heterocycles. The number of aromatic nitrogens is 1. The van der Waals surface area contributed by atoms with Crippen molar-refractivity contribution < 1.29 is 9.53 Å². The third kappa shape index (κ3) is 4.23. The molecular weight excluding hydrogens is 312 g/mol. The smallest absolute Gasteiger partial charge is 0.407 e. The maximum absolute atomic E-state index is 12.1. The Morgan fingerprint density at radius 3 is 2.61 bits per heavy atom. The van der Waals surface area contributed by atoms with E-state index in [0.717, 1.165) is 30.5 Å². The van der Waals surface area contributed by atoms with E-state index in [2.05, 4.69) is 10.3 Å². The zero-order chi connectivity index (χ0) is 16.1. The van der Waals surface area contributed by atoms with E-state index in [1.807, 2.05) is 42.5 Å². The molecule has 1 aliphatic rings. The molecule has 0 saturated heterocycles. The van der Waals surface area contributed by atoms with Gasteiger partial charge in [-0.1, -0.05) is 48.0 Å². The van der Waals surface area contributed by atoms with Gasteiger partial charge in [0, 0.05) is 17.7 Å². The summed E-state index contributed by atoms with van der Waals surface area (Å²) in [6.07, 6.45) is 3.26. The predicted octanol–water partition coefficient (Wildman–Crippen LogP) is 4.13. The normalized spacial score (nSPS) is 15.5. The van der Waals surface area contributed by atoms with Crippen molar-refractivity contribution in [1.29, 1.82) is 0 Å². The first-order valence-electron chi connectivity index (χ1n) is 7.76. The van der Waals surface area contributed by atoms with Crippen LogP contribution in [0.3, 0.4) is 0 Å². The van der Waals surface area contributed by atoms with Gasteiger partial charge >= 0.3 is 6.09 Å². The molecule has 0 spiro atoms. The summed E-state index contributed by atoms with van der Waals surface area (Å²) in [5, 5.41) is 3.50. The molecule has 2 aromatic rings. The molecule has 1 saturated carbocycles. The molecule has 1 fully saturated rings. The van der Waals surface area contributed by atoms with E-state index in [1.165, 1.54) is 0 Å². The highest BCUT2D eigenvalue weighted by Gasteiger charge is 2.39. The van der Waals surface area contributed by atoms with Gasteiger partial charge in [0.05, 0.1) is 0 Å². The molecule has 0 bridgehead atoms. The Hall–Kier alpha value is -2.07. The van der Waals surface area contributed by atoms with Crippen LogP contribution in [0.15, 0.2) is 48.5 Å². The number of ether oxygens (including phenoxy) is 1. The van der Waals surface area contributed by atoms with E-state index >= 15 is 0 Å². The topological polar surface area (TPSA) is 51.2 Å². The van der Waals surface area contributed by atoms with Crippen LogP contribution in [0.25, 0.3) is 0 Å². The average molecular weight is 331 g/mol. The van der Waals surface area contributed by atoms with Crippen molar-refractivity contribution in [3.8, 4) is 0 Å². The lowest BCUT2D eigenvalue weighted by molar-refractivity contribution is 0.106. The van der Waals surface area contributed by atoms with Gasteiger partial charge in [0.15, 0.2) is 0 Å². The summed E-state index contributed by atoms with van der Waals surface area (Å²) >= 11 is 5.94. The van der Waals surface area contributed by atoms with Crippen LogP contribution in [0.2, 0.25) is 5.15 Å². The summed E-state index contributed by atoms with van der Waals surface area (Å²) in [6.45, 7) is 0.276. The van der Waals surface area contributed by atoms with Crippen LogP contribution in [-0.4, -0.2) is 16.6 Å². The van der Waals surface area contributed by atoms with Crippen molar-refractivity contribution in [1.82, 2.24) is 10.3 Å². The van der Waals surface area contributed by atoms with Crippen molar-refractivity contribution >= 4 is 17.7 Å². The summed E-state index contributed by atoms with van der Waals surface area (Å²) in [6, 6.07) is 15.2. The number of halogens is 1. The highest BCUT2D eigenvalue weighted by Crippen LogP contribution is 2.35. The fourth-order valence-corrected chi connectivity index (χ4v) is 3.00. The maximum atomic E-state index is 12.1. The molecule has 3 rings (SSSR count). The fraction of sp³-hybridized carbons (Fsp3) is 0.333. The molecule has 0 radical (unpaired) electrons. The first-order valence-corrected chi connectivity index (χ1v) is 8.13. The van der Waals surface area contributed by atoms with Gasteiger partial charge in [-0.3, -0.25) is 0 Å². The number of pyridine rings is 1. The van der Waals surface area contributed by atoms with E-state index in [9.17, 15) is 4.79 Å². The molecule has 0 unspecified atom stereocenters. The van der Waals surface area contributed by atoms with E-state index in [0.29, 0.717) is 11.6 Å². The Bertz CT molecular complexity index is 672. The number of carbonyl (C=O) groups excluding carboxylic acids is 1. The summed E-state index contributed by atoms with van der Waals surface area (Å²) in [7, 11) is 0. The Balaban J connectivity index is 1.57. The molecule has 1 amide bonds. The second-order valence-electron chi connectivity index (χ2n) is 5.95. The first-order chi connectivity index (χ1) is 11.2. The Labute approximate surface area is 140 Å². The van der Waals surface area contributed by atoms with Crippen LogP contribution in [-0.2, 0) is 17.8 Å². The van der Waals surface area contributed by atoms with Crippen LogP contribution < -0.4 is 5.32 Å². The number of carbonyl (C=O) groups is 1. The van der Waals surface area contributed by atoms with Crippen molar-refractivity contribution in [2.24, 2.45) is 0 Å². The molecule has 1 aliphatic carbocycles. The zero-order valence-electron chi connectivity index (χ0n) is 12.8. The molecule has 1 aromatic heterocycles. The van der Waals surface area contributed by atoms with Crippen LogP contribution in [0, 0.1) is 0 Å². The van der Waals surface area contributed by atoms with Crippen molar-refractivity contribution in [3.63, 3.8) is 0 Å². The van der Waals surface area contributed by atoms with Gasteiger partial charge in [-0.15, -0.1) is 0 Å². The molecule has 1 N–H and O–H groups in total. The number of nitrogens with zero attached hydrogens (tertiary/aromatic N) is 1. The molecular formula is C18H19ClN2O2. The quantitative estimate of drug-likeness (QED) is 0.839. The molecule has 1 aromatic carbocycles. The number of benzene rings is 1. The summed E-state index contributed by atoms with van der Waals surface area (Å²) in [5.74, 6) is 0. The molecule has 4 nitrogen and oxygen atoms in total. The van der Waals surface area contributed by atoms with E-state index < -0.39 is 0 Å². The second kappa shape index (κ2) is 7.01. The predicted molar refractivity (Wildman–Crippen MR) is 89.3 cm³/mol. The number of amides is 1. The minimum absolute atomic E-state index is 0.258. The molecule has 0 aliphatic heterocycles. The summed E-state index contributed by atoms with van der Waals surface area (Å²) in [4.78, 5) is 16.4. The number of alkyl carbamates (subject to hydrolysis) is 1. The van der Waals surface area contributed by atoms with Gasteiger partial charge in [0.1, 0.15) is 11.8 Å². The Kier molecular flexibility index (Phi) is 4.82. The van der Waals surface area contributed by atoms with Crippen molar-refractivity contribution in [3.05, 3.63) is 64.9 Å². The van der Waals surface area contributed by atoms with E-state index in [-0.39, 0.29) is 18.2 Å². The lowest BCUT2D eigenvalue weighted by Gasteiger charge is -2.42. The third-order valence-corrected chi connectivity index (χ3v) is 4.39. The highest BCUT2D eigenvalue weighted by molar-refractivity contribution is 6.29. The second-order valence-corrected chi connectivity index (χ2v) is 6.34. The number of hydrogen-bond donors (Lipinski definition) is 1. The zero-order valence-corrected chi connectivity index (χ0v) is 13.6. The van der Waals surface area contributed by atoms with Gasteiger partial charge in [-0.2, -0.15) is 0 Å². The van der Waals surface area contributed by atoms with E-state index in [1.54, 1.807) is 6.07 Å². The Morgan fingerprint density at radius 1 is 1.17 bits per heavy atom. The van der Waals surface area contributed by atoms with Gasteiger partial charge in [-0.25, -0.2) is 9.78 Å². The lowest BCUT2D eigenvalue weighted by Crippen LogP contribution is -2.55. The molecule has 23 heavy (non-hydrogen) atoms. The number of rotatable bonds is 5. The third-order valence-electron chi connectivity index (χ3n) is 4.18. The largest absolute Gasteiger partial charge is 0.445 e. The number of hydrogen-bond acceptors (Lipinski definition) is 3. The minimum Gasteiger partial charge on any atom is -0.445 e. The fourth-order valence-electron chi connectivity index (χ4n) is 2.82. The van der Waals surface area contributed by atoms with Gasteiger partial charge in [0.2, 0.25) is 0 Å². The van der Waals surface area contributed by atoms with Gasteiger partial charge < -0.3 is 10.1 Å².